The second-order valence-corrected chi connectivity index (χ2v) is 7.70. The lowest BCUT2D eigenvalue weighted by atomic mass is 9.83. The van der Waals surface area contributed by atoms with Crippen molar-refractivity contribution in [1.29, 1.82) is 0 Å². The molecule has 7 heteroatoms. The topological polar surface area (TPSA) is 102 Å². The van der Waals surface area contributed by atoms with Crippen molar-refractivity contribution in [1.82, 2.24) is 0 Å². The Kier molecular flexibility index (Phi) is 5.05. The normalized spacial score (nSPS) is 39.0. The summed E-state index contributed by atoms with van der Waals surface area (Å²) >= 11 is 0. The van der Waals surface area contributed by atoms with Gasteiger partial charge in [-0.2, -0.15) is 0 Å². The van der Waals surface area contributed by atoms with E-state index in [2.05, 4.69) is 6.58 Å². The molecule has 3 aliphatic rings. The summed E-state index contributed by atoms with van der Waals surface area (Å²) in [6, 6.07) is 0. The van der Waals surface area contributed by atoms with Crippen molar-refractivity contribution in [3.8, 4) is 0 Å². The van der Waals surface area contributed by atoms with Gasteiger partial charge in [0.15, 0.2) is 0 Å². The van der Waals surface area contributed by atoms with Crippen molar-refractivity contribution >= 4 is 11.9 Å². The van der Waals surface area contributed by atoms with E-state index in [1.165, 1.54) is 12.2 Å². The molecule has 0 spiro atoms. The number of ether oxygens (including phenoxy) is 3. The Labute approximate surface area is 158 Å². The molecule has 7 nitrogen and oxygen atoms in total. The van der Waals surface area contributed by atoms with Crippen molar-refractivity contribution in [2.45, 2.75) is 57.2 Å². The summed E-state index contributed by atoms with van der Waals surface area (Å²) in [5.41, 5.74) is -0.591. The number of aliphatic hydroxyl groups excluding tert-OH is 1. The zero-order chi connectivity index (χ0) is 20.0. The van der Waals surface area contributed by atoms with Crippen LogP contribution < -0.4 is 0 Å². The van der Waals surface area contributed by atoms with Gasteiger partial charge in [0.05, 0.1) is 24.0 Å². The molecule has 1 saturated heterocycles. The molecule has 6 unspecified atom stereocenters. The highest BCUT2D eigenvalue weighted by atomic mass is 16.6. The lowest BCUT2D eigenvalue weighted by Gasteiger charge is -2.33. The summed E-state index contributed by atoms with van der Waals surface area (Å²) < 4.78 is 17.0. The summed E-state index contributed by atoms with van der Waals surface area (Å²) in [4.78, 5) is 24.6. The van der Waals surface area contributed by atoms with Gasteiger partial charge in [-0.25, -0.2) is 4.79 Å². The Balaban J connectivity index is 2.04. The fourth-order valence-corrected chi connectivity index (χ4v) is 3.73. The smallest absolute Gasteiger partial charge is 0.334 e. The quantitative estimate of drug-likeness (QED) is 0.433. The predicted octanol–water partition coefficient (Wildman–Crippen LogP) is 1.40. The van der Waals surface area contributed by atoms with Crippen molar-refractivity contribution in [2.24, 2.45) is 11.8 Å². The molecule has 2 N–H and O–H groups in total. The average molecular weight is 378 g/mol. The zero-order valence-corrected chi connectivity index (χ0v) is 15.8. The van der Waals surface area contributed by atoms with E-state index >= 15 is 0 Å². The van der Waals surface area contributed by atoms with Crippen molar-refractivity contribution in [2.75, 3.05) is 6.61 Å². The van der Waals surface area contributed by atoms with Gasteiger partial charge in [0.25, 0.3) is 0 Å². The largest absolute Gasteiger partial charge is 0.461 e. The maximum absolute atomic E-state index is 12.5. The third-order valence-corrected chi connectivity index (χ3v) is 5.60. The minimum absolute atomic E-state index is 0.161. The van der Waals surface area contributed by atoms with Gasteiger partial charge in [-0.1, -0.05) is 26.5 Å². The first-order valence-corrected chi connectivity index (χ1v) is 9.17. The standard InChI is InChI=1S/C20H26O7/c1-5-11(2)17(22)26-15-9-19(4)6-7-20(24,27-19)13(10-21)8-14-16(15)12(3)18(23)25-14/h6-8,11,14-16,21,24H,3,5,9-10H2,1-2,4H3. The van der Waals surface area contributed by atoms with Gasteiger partial charge in [-0.3, -0.25) is 4.79 Å². The predicted molar refractivity (Wildman–Crippen MR) is 95.2 cm³/mol. The van der Waals surface area contributed by atoms with Crippen molar-refractivity contribution in [3.05, 3.63) is 36.0 Å². The Morgan fingerprint density at radius 1 is 1.48 bits per heavy atom. The van der Waals surface area contributed by atoms with Crippen LogP contribution in [-0.4, -0.2) is 52.4 Å². The van der Waals surface area contributed by atoms with Crippen LogP contribution in [0.5, 0.6) is 0 Å². The van der Waals surface area contributed by atoms with Gasteiger partial charge in [0.1, 0.15) is 12.2 Å². The molecule has 148 valence electrons. The first-order valence-electron chi connectivity index (χ1n) is 9.17. The molecule has 2 bridgehead atoms. The number of carbonyl (C=O) groups excluding carboxylic acids is 2. The first kappa shape index (κ1) is 19.8. The summed E-state index contributed by atoms with van der Waals surface area (Å²) in [6.07, 6.45) is 3.88. The molecule has 0 aliphatic carbocycles. The number of aliphatic hydroxyl groups is 2. The monoisotopic (exact) mass is 378 g/mol. The van der Waals surface area contributed by atoms with Gasteiger partial charge in [-0.15, -0.1) is 0 Å². The molecular weight excluding hydrogens is 352 g/mol. The first-order chi connectivity index (χ1) is 12.6. The number of hydrogen-bond acceptors (Lipinski definition) is 7. The van der Waals surface area contributed by atoms with E-state index in [0.29, 0.717) is 6.42 Å². The molecule has 0 aromatic rings. The average Bonchev–Trinajstić information content (AvgIpc) is 3.08. The second kappa shape index (κ2) is 6.89. The van der Waals surface area contributed by atoms with E-state index in [1.807, 2.05) is 6.92 Å². The molecule has 0 aromatic carbocycles. The second-order valence-electron chi connectivity index (χ2n) is 7.70. The molecule has 27 heavy (non-hydrogen) atoms. The summed E-state index contributed by atoms with van der Waals surface area (Å²) in [7, 11) is 0. The van der Waals surface area contributed by atoms with Crippen molar-refractivity contribution in [3.63, 3.8) is 0 Å². The highest BCUT2D eigenvalue weighted by Gasteiger charge is 2.52. The number of carbonyl (C=O) groups is 2. The van der Waals surface area contributed by atoms with Crippen LogP contribution in [0.4, 0.5) is 0 Å². The lowest BCUT2D eigenvalue weighted by Crippen LogP contribution is -2.41. The Hall–Kier alpha value is -1.96. The van der Waals surface area contributed by atoms with Gasteiger partial charge in [-0.05, 0) is 25.5 Å². The van der Waals surface area contributed by atoms with E-state index < -0.39 is 42.1 Å². The molecule has 6 atom stereocenters. The fourth-order valence-electron chi connectivity index (χ4n) is 3.73. The van der Waals surface area contributed by atoms with Crippen LogP contribution in [0.25, 0.3) is 0 Å². The number of hydrogen-bond donors (Lipinski definition) is 2. The molecular formula is C20H26O7. The van der Waals surface area contributed by atoms with Crippen LogP contribution in [-0.2, 0) is 23.8 Å². The molecule has 3 rings (SSSR count). The van der Waals surface area contributed by atoms with Crippen LogP contribution in [0.3, 0.4) is 0 Å². The summed E-state index contributed by atoms with van der Waals surface area (Å²) in [5, 5.41) is 20.6. The third kappa shape index (κ3) is 3.47. The number of fused-ring (bicyclic) bond motifs is 3. The maximum atomic E-state index is 12.5. The molecule has 3 aliphatic heterocycles. The van der Waals surface area contributed by atoms with E-state index in [4.69, 9.17) is 14.2 Å². The molecule has 3 heterocycles. The SMILES string of the molecule is C=C1C(=O)OC2C=C(CO)C3(O)C=CC(C)(CC(OC(=O)C(C)CC)C12)O3. The zero-order valence-electron chi connectivity index (χ0n) is 15.8. The fraction of sp³-hybridized carbons (Fsp3) is 0.600. The number of esters is 2. The summed E-state index contributed by atoms with van der Waals surface area (Å²) in [6.45, 7) is 8.75. The highest BCUT2D eigenvalue weighted by Crippen LogP contribution is 2.44. The van der Waals surface area contributed by atoms with Crippen LogP contribution >= 0.6 is 0 Å². The van der Waals surface area contributed by atoms with Gasteiger partial charge in [0, 0.05) is 17.6 Å². The summed E-state index contributed by atoms with van der Waals surface area (Å²) in [5.74, 6) is -3.68. The van der Waals surface area contributed by atoms with E-state index in [-0.39, 0.29) is 29.5 Å². The van der Waals surface area contributed by atoms with Crippen LogP contribution in [0.1, 0.15) is 33.6 Å². The van der Waals surface area contributed by atoms with Crippen LogP contribution in [0, 0.1) is 11.8 Å². The molecule has 0 amide bonds. The van der Waals surface area contributed by atoms with Gasteiger partial charge in [0.2, 0.25) is 5.79 Å². The highest BCUT2D eigenvalue weighted by molar-refractivity contribution is 5.91. The molecule has 0 radical (unpaired) electrons. The maximum Gasteiger partial charge on any atom is 0.334 e. The minimum atomic E-state index is -1.81. The lowest BCUT2D eigenvalue weighted by molar-refractivity contribution is -0.192. The van der Waals surface area contributed by atoms with E-state index in [0.717, 1.165) is 0 Å². The molecule has 0 aromatic heterocycles. The Morgan fingerprint density at radius 2 is 2.19 bits per heavy atom. The minimum Gasteiger partial charge on any atom is -0.461 e. The van der Waals surface area contributed by atoms with Crippen LogP contribution in [0.15, 0.2) is 36.0 Å². The van der Waals surface area contributed by atoms with Crippen molar-refractivity contribution < 1.29 is 34.0 Å². The van der Waals surface area contributed by atoms with E-state index in [1.54, 1.807) is 19.9 Å². The van der Waals surface area contributed by atoms with Gasteiger partial charge < -0.3 is 24.4 Å². The van der Waals surface area contributed by atoms with Gasteiger partial charge >= 0.3 is 11.9 Å². The molecule has 1 fully saturated rings. The van der Waals surface area contributed by atoms with Crippen LogP contribution in [0.2, 0.25) is 0 Å². The number of rotatable bonds is 4. The van der Waals surface area contributed by atoms with E-state index in [9.17, 15) is 19.8 Å². The Morgan fingerprint density at radius 3 is 2.81 bits per heavy atom. The third-order valence-electron chi connectivity index (χ3n) is 5.60. The Bertz CT molecular complexity index is 724. The molecule has 0 saturated carbocycles.